The lowest BCUT2D eigenvalue weighted by molar-refractivity contribution is 0.0841. The second kappa shape index (κ2) is 6.97. The number of anilines is 1. The number of piperazine rings is 1. The summed E-state index contributed by atoms with van der Waals surface area (Å²) in [6.45, 7) is 4.98. The van der Waals surface area contributed by atoms with Crippen molar-refractivity contribution in [3.8, 4) is 0 Å². The lowest BCUT2D eigenvalue weighted by atomic mass is 10.2. The van der Waals surface area contributed by atoms with E-state index in [0.29, 0.717) is 13.1 Å². The third-order valence-corrected chi connectivity index (χ3v) is 3.65. The number of aromatic nitrogens is 1. The molecule has 0 amide bonds. The van der Waals surface area contributed by atoms with E-state index in [4.69, 9.17) is 0 Å². The minimum absolute atomic E-state index is 0.282. The summed E-state index contributed by atoms with van der Waals surface area (Å²) in [7, 11) is 3.85. The molecule has 1 aromatic heterocycles. The van der Waals surface area contributed by atoms with Crippen LogP contribution in [0.2, 0.25) is 0 Å². The molecule has 0 aliphatic carbocycles. The third-order valence-electron chi connectivity index (χ3n) is 3.65. The normalized spacial score (nSPS) is 19.0. The number of aliphatic hydroxyl groups is 1. The Morgan fingerprint density at radius 2 is 2.10 bits per heavy atom. The molecule has 1 aromatic rings. The van der Waals surface area contributed by atoms with Crippen molar-refractivity contribution in [2.45, 2.75) is 6.10 Å². The Hall–Kier alpha value is -1.24. The van der Waals surface area contributed by atoms with Gasteiger partial charge in [0.15, 0.2) is 11.6 Å². The standard InChI is InChI=1S/C14H23FN4O/c1-17-6-8-19(9-7-17)11-12(20)10-18(2)14-13(15)4-3-5-16-14/h3-5,12,20H,6-11H2,1-2H3/t12-/m0/s1. The SMILES string of the molecule is CN1CCN(C[C@@H](O)CN(C)c2ncccc2F)CC1. The molecule has 1 N–H and O–H groups in total. The first-order valence-corrected chi connectivity index (χ1v) is 6.97. The van der Waals surface area contributed by atoms with Crippen LogP contribution in [-0.2, 0) is 0 Å². The zero-order chi connectivity index (χ0) is 14.5. The molecule has 1 aliphatic rings. The van der Waals surface area contributed by atoms with Gasteiger partial charge < -0.3 is 14.9 Å². The second-order valence-corrected chi connectivity index (χ2v) is 5.45. The lowest BCUT2D eigenvalue weighted by Crippen LogP contribution is -2.48. The highest BCUT2D eigenvalue weighted by molar-refractivity contribution is 5.38. The summed E-state index contributed by atoms with van der Waals surface area (Å²) >= 11 is 0. The summed E-state index contributed by atoms with van der Waals surface area (Å²) in [6.07, 6.45) is 1.05. The number of rotatable bonds is 5. The van der Waals surface area contributed by atoms with Gasteiger partial charge in [-0.05, 0) is 19.2 Å². The molecule has 6 heteroatoms. The molecule has 0 spiro atoms. The molecular weight excluding hydrogens is 259 g/mol. The van der Waals surface area contributed by atoms with Gasteiger partial charge in [0, 0.05) is 52.5 Å². The highest BCUT2D eigenvalue weighted by atomic mass is 19.1. The van der Waals surface area contributed by atoms with Crippen LogP contribution in [0.3, 0.4) is 0 Å². The molecule has 0 radical (unpaired) electrons. The lowest BCUT2D eigenvalue weighted by Gasteiger charge is -2.34. The van der Waals surface area contributed by atoms with E-state index in [-0.39, 0.29) is 11.6 Å². The van der Waals surface area contributed by atoms with E-state index in [0.717, 1.165) is 26.2 Å². The molecular formula is C14H23FN4O. The summed E-state index contributed by atoms with van der Waals surface area (Å²) in [5, 5.41) is 10.1. The summed E-state index contributed by atoms with van der Waals surface area (Å²) in [5.74, 6) is -0.0771. The summed E-state index contributed by atoms with van der Waals surface area (Å²) in [4.78, 5) is 10.2. The number of likely N-dealkylation sites (N-methyl/N-ethyl adjacent to an activating group) is 2. The zero-order valence-electron chi connectivity index (χ0n) is 12.2. The Morgan fingerprint density at radius 1 is 1.40 bits per heavy atom. The predicted molar refractivity (Wildman–Crippen MR) is 77.4 cm³/mol. The third kappa shape index (κ3) is 4.13. The molecule has 0 bridgehead atoms. The molecule has 2 heterocycles. The molecule has 20 heavy (non-hydrogen) atoms. The van der Waals surface area contributed by atoms with Gasteiger partial charge in [0.05, 0.1) is 6.10 Å². The molecule has 1 fully saturated rings. The fourth-order valence-corrected chi connectivity index (χ4v) is 2.45. The molecule has 5 nitrogen and oxygen atoms in total. The Morgan fingerprint density at radius 3 is 2.75 bits per heavy atom. The van der Waals surface area contributed by atoms with Gasteiger partial charge in [0.25, 0.3) is 0 Å². The number of pyridine rings is 1. The van der Waals surface area contributed by atoms with E-state index in [2.05, 4.69) is 21.8 Å². The minimum Gasteiger partial charge on any atom is -0.390 e. The first kappa shape index (κ1) is 15.2. The smallest absolute Gasteiger partial charge is 0.165 e. The fourth-order valence-electron chi connectivity index (χ4n) is 2.45. The highest BCUT2D eigenvalue weighted by Gasteiger charge is 2.19. The second-order valence-electron chi connectivity index (χ2n) is 5.45. The van der Waals surface area contributed by atoms with Gasteiger partial charge in [-0.25, -0.2) is 9.37 Å². The molecule has 2 rings (SSSR count). The highest BCUT2D eigenvalue weighted by Crippen LogP contribution is 2.13. The van der Waals surface area contributed by atoms with Gasteiger partial charge in [-0.2, -0.15) is 0 Å². The fraction of sp³-hybridized carbons (Fsp3) is 0.643. The van der Waals surface area contributed by atoms with Crippen LogP contribution in [0.15, 0.2) is 18.3 Å². The monoisotopic (exact) mass is 282 g/mol. The maximum Gasteiger partial charge on any atom is 0.165 e. The van der Waals surface area contributed by atoms with E-state index >= 15 is 0 Å². The number of β-amino-alcohol motifs (C(OH)–C–C–N with tert-alkyl or cyclic N) is 1. The van der Waals surface area contributed by atoms with Crippen molar-refractivity contribution in [2.75, 3.05) is 58.3 Å². The van der Waals surface area contributed by atoms with Gasteiger partial charge in [-0.1, -0.05) is 0 Å². The molecule has 1 aliphatic heterocycles. The van der Waals surface area contributed by atoms with Crippen LogP contribution >= 0.6 is 0 Å². The van der Waals surface area contributed by atoms with E-state index in [9.17, 15) is 9.50 Å². The largest absolute Gasteiger partial charge is 0.390 e. The van der Waals surface area contributed by atoms with Gasteiger partial charge in [-0.15, -0.1) is 0 Å². The molecule has 0 unspecified atom stereocenters. The van der Waals surface area contributed by atoms with Crippen LogP contribution in [-0.4, -0.2) is 79.4 Å². The minimum atomic E-state index is -0.509. The van der Waals surface area contributed by atoms with Crippen LogP contribution in [0, 0.1) is 5.82 Å². The van der Waals surface area contributed by atoms with Gasteiger partial charge >= 0.3 is 0 Å². The number of nitrogens with zero attached hydrogens (tertiary/aromatic N) is 4. The molecule has 1 atom stereocenters. The molecule has 0 aromatic carbocycles. The summed E-state index contributed by atoms with van der Waals surface area (Å²) in [6, 6.07) is 2.94. The van der Waals surface area contributed by atoms with Crippen LogP contribution < -0.4 is 4.90 Å². The average Bonchev–Trinajstić information content (AvgIpc) is 2.41. The average molecular weight is 282 g/mol. The van der Waals surface area contributed by atoms with Crippen molar-refractivity contribution in [1.29, 1.82) is 0 Å². The van der Waals surface area contributed by atoms with E-state index in [1.165, 1.54) is 6.07 Å². The van der Waals surface area contributed by atoms with E-state index < -0.39 is 6.10 Å². The number of halogens is 1. The first-order chi connectivity index (χ1) is 9.56. The molecule has 1 saturated heterocycles. The van der Waals surface area contributed by atoms with Crippen LogP contribution in [0.5, 0.6) is 0 Å². The van der Waals surface area contributed by atoms with E-state index in [1.807, 2.05) is 0 Å². The summed E-state index contributed by atoms with van der Waals surface area (Å²) in [5.41, 5.74) is 0. The topological polar surface area (TPSA) is 42.8 Å². The Labute approximate surface area is 119 Å². The maximum atomic E-state index is 13.6. The van der Waals surface area contributed by atoms with Gasteiger partial charge in [0.2, 0.25) is 0 Å². The Balaban J connectivity index is 1.82. The van der Waals surface area contributed by atoms with Gasteiger partial charge in [0.1, 0.15) is 0 Å². The quantitative estimate of drug-likeness (QED) is 0.839. The zero-order valence-corrected chi connectivity index (χ0v) is 12.2. The molecule has 112 valence electrons. The number of hydrogen-bond donors (Lipinski definition) is 1. The van der Waals surface area contributed by atoms with Crippen molar-refractivity contribution in [3.05, 3.63) is 24.1 Å². The molecule has 0 saturated carbocycles. The van der Waals surface area contributed by atoms with Crippen LogP contribution in [0.1, 0.15) is 0 Å². The van der Waals surface area contributed by atoms with Crippen molar-refractivity contribution in [3.63, 3.8) is 0 Å². The summed E-state index contributed by atoms with van der Waals surface area (Å²) < 4.78 is 13.6. The Kier molecular flexibility index (Phi) is 5.28. The van der Waals surface area contributed by atoms with Crippen molar-refractivity contribution >= 4 is 5.82 Å². The Bertz CT molecular complexity index is 423. The van der Waals surface area contributed by atoms with Crippen LogP contribution in [0.25, 0.3) is 0 Å². The predicted octanol–water partition coefficient (Wildman–Crippen LogP) is 0.265. The number of hydrogen-bond acceptors (Lipinski definition) is 5. The van der Waals surface area contributed by atoms with Crippen molar-refractivity contribution in [2.24, 2.45) is 0 Å². The van der Waals surface area contributed by atoms with Crippen molar-refractivity contribution in [1.82, 2.24) is 14.8 Å². The number of aliphatic hydroxyl groups excluding tert-OH is 1. The van der Waals surface area contributed by atoms with Crippen LogP contribution in [0.4, 0.5) is 10.2 Å². The first-order valence-electron chi connectivity index (χ1n) is 6.97. The van der Waals surface area contributed by atoms with Crippen molar-refractivity contribution < 1.29 is 9.50 Å². The van der Waals surface area contributed by atoms with Gasteiger partial charge in [-0.3, -0.25) is 4.90 Å². The van der Waals surface area contributed by atoms with E-state index in [1.54, 1.807) is 24.2 Å². The maximum absolute atomic E-state index is 13.6.